The van der Waals surface area contributed by atoms with Crippen LogP contribution in [0.15, 0.2) is 24.3 Å². The molecule has 0 heterocycles. The SMILES string of the molecule is COC(=O)C(C)(O)COc1ccc(CC(C)=O)cc1. The average Bonchev–Trinajstić information content (AvgIpc) is 2.36. The molecule has 0 saturated heterocycles. The molecule has 0 aliphatic heterocycles. The van der Waals surface area contributed by atoms with Gasteiger partial charge in [-0.15, -0.1) is 0 Å². The number of rotatable bonds is 6. The second kappa shape index (κ2) is 6.33. The molecule has 5 nitrogen and oxygen atoms in total. The van der Waals surface area contributed by atoms with Gasteiger partial charge in [-0.05, 0) is 31.5 Å². The molecule has 1 aromatic rings. The van der Waals surface area contributed by atoms with Crippen LogP contribution < -0.4 is 4.74 Å². The monoisotopic (exact) mass is 266 g/mol. The molecule has 1 unspecified atom stereocenters. The molecular formula is C14H18O5. The van der Waals surface area contributed by atoms with Crippen molar-refractivity contribution in [3.05, 3.63) is 29.8 Å². The van der Waals surface area contributed by atoms with Gasteiger partial charge in [0.15, 0.2) is 5.60 Å². The lowest BCUT2D eigenvalue weighted by molar-refractivity contribution is -0.163. The van der Waals surface area contributed by atoms with E-state index in [0.717, 1.165) is 5.56 Å². The van der Waals surface area contributed by atoms with Gasteiger partial charge >= 0.3 is 5.97 Å². The van der Waals surface area contributed by atoms with Crippen LogP contribution in [0.2, 0.25) is 0 Å². The number of hydrogen-bond donors (Lipinski definition) is 1. The number of benzene rings is 1. The zero-order chi connectivity index (χ0) is 14.5. The van der Waals surface area contributed by atoms with E-state index in [1.807, 2.05) is 0 Å². The Kier molecular flexibility index (Phi) is 5.06. The van der Waals surface area contributed by atoms with Crippen molar-refractivity contribution >= 4 is 11.8 Å². The predicted octanol–water partition coefficient (Wildman–Crippen LogP) is 1.12. The Bertz CT molecular complexity index is 447. The molecule has 1 aromatic carbocycles. The summed E-state index contributed by atoms with van der Waals surface area (Å²) in [7, 11) is 1.20. The van der Waals surface area contributed by atoms with Gasteiger partial charge in [0, 0.05) is 6.42 Å². The molecule has 0 aliphatic carbocycles. The van der Waals surface area contributed by atoms with Crippen LogP contribution in [0.5, 0.6) is 5.75 Å². The highest BCUT2D eigenvalue weighted by Crippen LogP contribution is 2.15. The van der Waals surface area contributed by atoms with E-state index in [1.54, 1.807) is 24.3 Å². The third-order valence-electron chi connectivity index (χ3n) is 2.52. The highest BCUT2D eigenvalue weighted by atomic mass is 16.6. The van der Waals surface area contributed by atoms with Crippen molar-refractivity contribution in [1.29, 1.82) is 0 Å². The lowest BCUT2D eigenvalue weighted by Gasteiger charge is -2.20. The lowest BCUT2D eigenvalue weighted by atomic mass is 10.1. The zero-order valence-electron chi connectivity index (χ0n) is 11.3. The van der Waals surface area contributed by atoms with Crippen molar-refractivity contribution in [2.45, 2.75) is 25.9 Å². The molecule has 0 radical (unpaired) electrons. The third-order valence-corrected chi connectivity index (χ3v) is 2.52. The molecule has 0 fully saturated rings. The number of ketones is 1. The van der Waals surface area contributed by atoms with E-state index in [1.165, 1.54) is 21.0 Å². The van der Waals surface area contributed by atoms with E-state index in [2.05, 4.69) is 4.74 Å². The van der Waals surface area contributed by atoms with Gasteiger partial charge in [-0.2, -0.15) is 0 Å². The number of hydrogen-bond acceptors (Lipinski definition) is 5. The van der Waals surface area contributed by atoms with Crippen molar-refractivity contribution in [2.24, 2.45) is 0 Å². The fourth-order valence-corrected chi connectivity index (χ4v) is 1.49. The molecule has 0 amide bonds. The number of Topliss-reactive ketones (excluding diaryl/α,β-unsaturated/α-hetero) is 1. The summed E-state index contributed by atoms with van der Waals surface area (Å²) in [5, 5.41) is 9.77. The van der Waals surface area contributed by atoms with Crippen molar-refractivity contribution in [3.8, 4) is 5.75 Å². The summed E-state index contributed by atoms with van der Waals surface area (Å²) < 4.78 is 9.78. The van der Waals surface area contributed by atoms with Gasteiger partial charge in [-0.1, -0.05) is 12.1 Å². The molecule has 0 bridgehead atoms. The van der Waals surface area contributed by atoms with Crippen molar-refractivity contribution in [1.82, 2.24) is 0 Å². The molecule has 0 aromatic heterocycles. The first-order chi connectivity index (χ1) is 8.85. The minimum atomic E-state index is -1.69. The van der Waals surface area contributed by atoms with E-state index in [9.17, 15) is 14.7 Å². The van der Waals surface area contributed by atoms with Gasteiger partial charge in [0.25, 0.3) is 0 Å². The van der Waals surface area contributed by atoms with Gasteiger partial charge in [0.2, 0.25) is 0 Å². The molecule has 19 heavy (non-hydrogen) atoms. The van der Waals surface area contributed by atoms with Gasteiger partial charge in [-0.25, -0.2) is 4.79 Å². The normalized spacial score (nSPS) is 13.5. The summed E-state index contributed by atoms with van der Waals surface area (Å²) in [5.41, 5.74) is -0.799. The van der Waals surface area contributed by atoms with Crippen molar-refractivity contribution in [2.75, 3.05) is 13.7 Å². The molecular weight excluding hydrogens is 248 g/mol. The molecule has 1 rings (SSSR count). The van der Waals surface area contributed by atoms with E-state index in [4.69, 9.17) is 4.74 Å². The summed E-state index contributed by atoms with van der Waals surface area (Å²) >= 11 is 0. The fraction of sp³-hybridized carbons (Fsp3) is 0.429. The fourth-order valence-electron chi connectivity index (χ4n) is 1.49. The molecule has 5 heteroatoms. The summed E-state index contributed by atoms with van der Waals surface area (Å²) in [5.74, 6) is -0.153. The largest absolute Gasteiger partial charge is 0.490 e. The lowest BCUT2D eigenvalue weighted by Crippen LogP contribution is -2.42. The standard InChI is InChI=1S/C14H18O5/c1-10(15)8-11-4-6-12(7-5-11)19-9-14(2,17)13(16)18-3/h4-7,17H,8-9H2,1-3H3. The van der Waals surface area contributed by atoms with Gasteiger partial charge in [0.1, 0.15) is 18.1 Å². The van der Waals surface area contributed by atoms with Crippen LogP contribution in [0.4, 0.5) is 0 Å². The van der Waals surface area contributed by atoms with Crippen LogP contribution in [0.3, 0.4) is 0 Å². The Morgan fingerprint density at radius 2 is 1.84 bits per heavy atom. The number of methoxy groups -OCH3 is 1. The number of ether oxygens (including phenoxy) is 2. The summed E-state index contributed by atoms with van der Waals surface area (Å²) in [6, 6.07) is 6.91. The number of carbonyl (C=O) groups is 2. The highest BCUT2D eigenvalue weighted by Gasteiger charge is 2.32. The Balaban J connectivity index is 2.59. The van der Waals surface area contributed by atoms with E-state index < -0.39 is 11.6 Å². The first-order valence-corrected chi connectivity index (χ1v) is 5.87. The van der Waals surface area contributed by atoms with E-state index in [0.29, 0.717) is 12.2 Å². The highest BCUT2D eigenvalue weighted by molar-refractivity contribution is 5.79. The molecule has 104 valence electrons. The second-order valence-corrected chi connectivity index (χ2v) is 4.58. The van der Waals surface area contributed by atoms with E-state index >= 15 is 0 Å². The number of esters is 1. The summed E-state index contributed by atoms with van der Waals surface area (Å²) in [4.78, 5) is 22.2. The Morgan fingerprint density at radius 3 is 2.32 bits per heavy atom. The Hall–Kier alpha value is -1.88. The van der Waals surface area contributed by atoms with E-state index in [-0.39, 0.29) is 12.4 Å². The van der Waals surface area contributed by atoms with Crippen molar-refractivity contribution in [3.63, 3.8) is 0 Å². The van der Waals surface area contributed by atoms with Gasteiger partial charge in [-0.3, -0.25) is 4.79 Å². The average molecular weight is 266 g/mol. The second-order valence-electron chi connectivity index (χ2n) is 4.58. The topological polar surface area (TPSA) is 72.8 Å². The molecule has 1 atom stereocenters. The summed E-state index contributed by atoms with van der Waals surface area (Å²) in [6.45, 7) is 2.65. The van der Waals surface area contributed by atoms with Crippen LogP contribution in [0, 0.1) is 0 Å². The Labute approximate surface area is 112 Å². The first kappa shape index (κ1) is 15.2. The number of aliphatic hydroxyl groups is 1. The van der Waals surface area contributed by atoms with Crippen molar-refractivity contribution < 1.29 is 24.2 Å². The van der Waals surface area contributed by atoms with Gasteiger partial charge < -0.3 is 14.6 Å². The summed E-state index contributed by atoms with van der Waals surface area (Å²) in [6.07, 6.45) is 0.375. The quantitative estimate of drug-likeness (QED) is 0.781. The van der Waals surface area contributed by atoms with Crippen LogP contribution in [0.1, 0.15) is 19.4 Å². The van der Waals surface area contributed by atoms with Crippen LogP contribution in [0.25, 0.3) is 0 Å². The molecule has 0 aliphatic rings. The molecule has 1 N–H and O–H groups in total. The maximum Gasteiger partial charge on any atom is 0.341 e. The predicted molar refractivity (Wildman–Crippen MR) is 69.0 cm³/mol. The minimum absolute atomic E-state index is 0.0855. The van der Waals surface area contributed by atoms with Crippen LogP contribution >= 0.6 is 0 Å². The zero-order valence-corrected chi connectivity index (χ0v) is 11.3. The minimum Gasteiger partial charge on any atom is -0.490 e. The number of carbonyl (C=O) groups excluding carboxylic acids is 2. The smallest absolute Gasteiger partial charge is 0.341 e. The maximum atomic E-state index is 11.2. The molecule has 0 spiro atoms. The van der Waals surface area contributed by atoms with Crippen LogP contribution in [-0.2, 0) is 20.7 Å². The Morgan fingerprint density at radius 1 is 1.26 bits per heavy atom. The molecule has 0 saturated carbocycles. The maximum absolute atomic E-state index is 11.2. The third kappa shape index (κ3) is 4.71. The van der Waals surface area contributed by atoms with Crippen LogP contribution in [-0.4, -0.2) is 36.2 Å². The van der Waals surface area contributed by atoms with Gasteiger partial charge in [0.05, 0.1) is 7.11 Å². The first-order valence-electron chi connectivity index (χ1n) is 5.87.